The first-order valence-electron chi connectivity index (χ1n) is 7.88. The van der Waals surface area contributed by atoms with Gasteiger partial charge in [0, 0.05) is 23.0 Å². The fraction of sp³-hybridized carbons (Fsp3) is 0.412. The highest BCUT2D eigenvalue weighted by Crippen LogP contribution is 2.18. The molecule has 1 heterocycles. The van der Waals surface area contributed by atoms with E-state index in [1.165, 1.54) is 17.0 Å². The second kappa shape index (κ2) is 10.9. The molecule has 138 valence electrons. The van der Waals surface area contributed by atoms with Crippen LogP contribution in [0.1, 0.15) is 28.1 Å². The van der Waals surface area contributed by atoms with E-state index in [2.05, 4.69) is 27.5 Å². The minimum Gasteiger partial charge on any atom is -0.357 e. The molecule has 8 heteroatoms. The third kappa shape index (κ3) is 7.07. The fourth-order valence-corrected chi connectivity index (χ4v) is 3.26. The SMILES string of the molecule is CCNC(=NCc1nc(C)c(C)s1)NCCc1ccc(F)cc1Cl.I. The smallest absolute Gasteiger partial charge is 0.191 e. The van der Waals surface area contributed by atoms with Crippen molar-refractivity contribution >= 4 is 52.9 Å². The van der Waals surface area contributed by atoms with Gasteiger partial charge in [-0.3, -0.25) is 0 Å². The van der Waals surface area contributed by atoms with E-state index in [-0.39, 0.29) is 29.8 Å². The Balaban J connectivity index is 0.00000312. The van der Waals surface area contributed by atoms with Crippen LogP contribution in [0.2, 0.25) is 5.02 Å². The third-order valence-electron chi connectivity index (χ3n) is 3.49. The van der Waals surface area contributed by atoms with E-state index in [4.69, 9.17) is 11.6 Å². The van der Waals surface area contributed by atoms with Crippen molar-refractivity contribution in [2.45, 2.75) is 33.7 Å². The first-order valence-corrected chi connectivity index (χ1v) is 9.08. The zero-order valence-corrected chi connectivity index (χ0v) is 18.4. The van der Waals surface area contributed by atoms with E-state index < -0.39 is 0 Å². The Hall–Kier alpha value is -0.930. The van der Waals surface area contributed by atoms with Gasteiger partial charge < -0.3 is 10.6 Å². The summed E-state index contributed by atoms with van der Waals surface area (Å²) in [5.41, 5.74) is 1.97. The summed E-state index contributed by atoms with van der Waals surface area (Å²) in [6.45, 7) is 8.08. The summed E-state index contributed by atoms with van der Waals surface area (Å²) in [5, 5.41) is 7.93. The number of aliphatic imine (C=N–C) groups is 1. The Morgan fingerprint density at radius 2 is 2.08 bits per heavy atom. The van der Waals surface area contributed by atoms with Crippen molar-refractivity contribution in [2.75, 3.05) is 13.1 Å². The van der Waals surface area contributed by atoms with Crippen molar-refractivity contribution in [3.05, 3.63) is 50.2 Å². The van der Waals surface area contributed by atoms with Crippen LogP contribution >= 0.6 is 46.9 Å². The van der Waals surface area contributed by atoms with Crippen molar-refractivity contribution in [1.29, 1.82) is 0 Å². The zero-order valence-electron chi connectivity index (χ0n) is 14.5. The van der Waals surface area contributed by atoms with Gasteiger partial charge in [-0.25, -0.2) is 14.4 Å². The van der Waals surface area contributed by atoms with Gasteiger partial charge in [-0.1, -0.05) is 17.7 Å². The van der Waals surface area contributed by atoms with Crippen LogP contribution in [0, 0.1) is 19.7 Å². The summed E-state index contributed by atoms with van der Waals surface area (Å²) >= 11 is 7.72. The number of aromatic nitrogens is 1. The zero-order chi connectivity index (χ0) is 17.5. The molecule has 0 bridgehead atoms. The van der Waals surface area contributed by atoms with Crippen LogP contribution in [0.25, 0.3) is 0 Å². The number of hydrogen-bond acceptors (Lipinski definition) is 3. The van der Waals surface area contributed by atoms with Crippen LogP contribution in [0.5, 0.6) is 0 Å². The van der Waals surface area contributed by atoms with Crippen molar-refractivity contribution < 1.29 is 4.39 Å². The topological polar surface area (TPSA) is 49.3 Å². The third-order valence-corrected chi connectivity index (χ3v) is 4.90. The number of benzene rings is 1. The molecule has 0 saturated heterocycles. The molecule has 1 aromatic carbocycles. The quantitative estimate of drug-likeness (QED) is 0.352. The molecular formula is C17H23ClFIN4S. The molecule has 2 aromatic rings. The van der Waals surface area contributed by atoms with Crippen LogP contribution in [0.3, 0.4) is 0 Å². The van der Waals surface area contributed by atoms with Gasteiger partial charge in [0.25, 0.3) is 0 Å². The summed E-state index contributed by atoms with van der Waals surface area (Å²) in [5.74, 6) is 0.418. The highest BCUT2D eigenvalue weighted by molar-refractivity contribution is 14.0. The van der Waals surface area contributed by atoms with Crippen LogP contribution in [0.4, 0.5) is 4.39 Å². The van der Waals surface area contributed by atoms with Gasteiger partial charge in [0.05, 0.1) is 12.2 Å². The Labute approximate surface area is 174 Å². The van der Waals surface area contributed by atoms with Crippen LogP contribution in [-0.2, 0) is 13.0 Å². The number of aryl methyl sites for hydroxylation is 2. The lowest BCUT2D eigenvalue weighted by atomic mass is 10.1. The van der Waals surface area contributed by atoms with E-state index >= 15 is 0 Å². The Bertz CT molecular complexity index is 701. The summed E-state index contributed by atoms with van der Waals surface area (Å²) in [6, 6.07) is 4.47. The number of nitrogens with zero attached hydrogens (tertiary/aromatic N) is 2. The second-order valence-corrected chi connectivity index (χ2v) is 7.05. The molecule has 2 N–H and O–H groups in total. The molecule has 0 aliphatic heterocycles. The molecule has 25 heavy (non-hydrogen) atoms. The van der Waals surface area contributed by atoms with E-state index in [0.29, 0.717) is 24.5 Å². The molecule has 0 unspecified atom stereocenters. The molecule has 0 aliphatic rings. The lowest BCUT2D eigenvalue weighted by molar-refractivity contribution is 0.627. The van der Waals surface area contributed by atoms with E-state index in [1.54, 1.807) is 17.4 Å². The van der Waals surface area contributed by atoms with Gasteiger partial charge in [-0.15, -0.1) is 35.3 Å². The first kappa shape index (κ1) is 22.1. The van der Waals surface area contributed by atoms with Crippen LogP contribution in [-0.4, -0.2) is 24.0 Å². The molecular weight excluding hydrogens is 474 g/mol. The molecule has 4 nitrogen and oxygen atoms in total. The van der Waals surface area contributed by atoms with E-state index in [1.807, 2.05) is 13.8 Å². The molecule has 0 amide bonds. The number of guanidine groups is 1. The van der Waals surface area contributed by atoms with Crippen molar-refractivity contribution in [1.82, 2.24) is 15.6 Å². The minimum absolute atomic E-state index is 0. The summed E-state index contributed by atoms with van der Waals surface area (Å²) in [4.78, 5) is 10.3. The number of hydrogen-bond donors (Lipinski definition) is 2. The van der Waals surface area contributed by atoms with Crippen molar-refractivity contribution in [3.63, 3.8) is 0 Å². The number of nitrogens with one attached hydrogen (secondary N) is 2. The van der Waals surface area contributed by atoms with Crippen LogP contribution < -0.4 is 10.6 Å². The van der Waals surface area contributed by atoms with Gasteiger partial charge in [0.2, 0.25) is 0 Å². The largest absolute Gasteiger partial charge is 0.357 e. The minimum atomic E-state index is -0.319. The average molecular weight is 497 g/mol. The number of rotatable bonds is 6. The lowest BCUT2D eigenvalue weighted by Crippen LogP contribution is -2.38. The second-order valence-electron chi connectivity index (χ2n) is 5.36. The first-order chi connectivity index (χ1) is 11.5. The van der Waals surface area contributed by atoms with Gasteiger partial charge in [-0.2, -0.15) is 0 Å². The Morgan fingerprint density at radius 1 is 1.32 bits per heavy atom. The molecule has 0 spiro atoms. The maximum atomic E-state index is 13.1. The number of halogens is 3. The molecule has 0 atom stereocenters. The van der Waals surface area contributed by atoms with Gasteiger partial charge >= 0.3 is 0 Å². The Kier molecular flexibility index (Phi) is 9.66. The van der Waals surface area contributed by atoms with E-state index in [0.717, 1.165) is 28.8 Å². The normalized spacial score (nSPS) is 11.2. The van der Waals surface area contributed by atoms with Crippen LogP contribution in [0.15, 0.2) is 23.2 Å². The molecule has 1 aromatic heterocycles. The maximum Gasteiger partial charge on any atom is 0.191 e. The molecule has 2 rings (SSSR count). The fourth-order valence-electron chi connectivity index (χ4n) is 2.14. The standard InChI is InChI=1S/C17H22ClFN4S.HI/c1-4-20-17(22-10-16-23-11(2)12(3)24-16)21-8-7-13-5-6-14(19)9-15(13)18;/h5-6,9H,4,7-8,10H2,1-3H3,(H2,20,21,22);1H. The highest BCUT2D eigenvalue weighted by atomic mass is 127. The van der Waals surface area contributed by atoms with Gasteiger partial charge in [0.1, 0.15) is 10.8 Å². The molecule has 0 fully saturated rings. The summed E-state index contributed by atoms with van der Waals surface area (Å²) in [7, 11) is 0. The maximum absolute atomic E-state index is 13.1. The average Bonchev–Trinajstić information content (AvgIpc) is 2.85. The molecule has 0 radical (unpaired) electrons. The predicted molar refractivity (Wildman–Crippen MR) is 115 cm³/mol. The van der Waals surface area contributed by atoms with Crippen molar-refractivity contribution in [3.8, 4) is 0 Å². The molecule has 0 saturated carbocycles. The predicted octanol–water partition coefficient (Wildman–Crippen LogP) is 4.47. The lowest BCUT2D eigenvalue weighted by Gasteiger charge is -2.11. The summed E-state index contributed by atoms with van der Waals surface area (Å²) in [6.07, 6.45) is 0.693. The molecule has 0 aliphatic carbocycles. The highest BCUT2D eigenvalue weighted by Gasteiger charge is 2.05. The Morgan fingerprint density at radius 3 is 2.68 bits per heavy atom. The van der Waals surface area contributed by atoms with Gasteiger partial charge in [-0.05, 0) is 44.9 Å². The van der Waals surface area contributed by atoms with Crippen molar-refractivity contribution in [2.24, 2.45) is 4.99 Å². The van der Waals surface area contributed by atoms with Gasteiger partial charge in [0.15, 0.2) is 5.96 Å². The monoisotopic (exact) mass is 496 g/mol. The number of thiazole rings is 1. The van der Waals surface area contributed by atoms with E-state index in [9.17, 15) is 4.39 Å². The summed E-state index contributed by atoms with van der Waals surface area (Å²) < 4.78 is 13.1.